The summed E-state index contributed by atoms with van der Waals surface area (Å²) in [7, 11) is 2.02. The Labute approximate surface area is 69.8 Å². The van der Waals surface area contributed by atoms with Crippen molar-refractivity contribution >= 4 is 0 Å². The molecule has 11 heavy (non-hydrogen) atoms. The average molecular weight is 154 g/mol. The normalized spacial score (nSPS) is 24.7. The highest BCUT2D eigenvalue weighted by Gasteiger charge is 2.16. The first-order chi connectivity index (χ1) is 5.34. The lowest BCUT2D eigenvalue weighted by Gasteiger charge is -2.26. The van der Waals surface area contributed by atoms with E-state index in [1.165, 1.54) is 12.8 Å². The molecule has 0 aliphatic carbocycles. The fourth-order valence-electron chi connectivity index (χ4n) is 1.24. The second kappa shape index (κ2) is 6.18. The molecule has 1 aliphatic rings. The van der Waals surface area contributed by atoms with Gasteiger partial charge in [-0.1, -0.05) is 13.8 Å². The molecule has 0 radical (unpaired) electrons. The molecule has 0 amide bonds. The molecule has 1 aliphatic heterocycles. The number of nitrogens with zero attached hydrogens (tertiary/aromatic N) is 2. The zero-order valence-corrected chi connectivity index (χ0v) is 7.80. The van der Waals surface area contributed by atoms with E-state index in [4.69, 9.17) is 5.26 Å². The number of hydrogen-bond donors (Lipinski definition) is 0. The highest BCUT2D eigenvalue weighted by molar-refractivity contribution is 4.92. The Bertz CT molecular complexity index is 126. The van der Waals surface area contributed by atoms with Crippen LogP contribution in [0.25, 0.3) is 0 Å². The van der Waals surface area contributed by atoms with E-state index >= 15 is 0 Å². The van der Waals surface area contributed by atoms with E-state index < -0.39 is 0 Å². The second-order valence-electron chi connectivity index (χ2n) is 2.62. The van der Waals surface area contributed by atoms with Crippen molar-refractivity contribution in [3.8, 4) is 6.07 Å². The predicted molar refractivity (Wildman–Crippen MR) is 47.2 cm³/mol. The highest BCUT2D eigenvalue weighted by Crippen LogP contribution is 2.13. The van der Waals surface area contributed by atoms with Gasteiger partial charge in [0.1, 0.15) is 0 Å². The van der Waals surface area contributed by atoms with Gasteiger partial charge in [0.25, 0.3) is 0 Å². The van der Waals surface area contributed by atoms with Crippen LogP contribution in [-0.2, 0) is 0 Å². The molecule has 2 heteroatoms. The van der Waals surface area contributed by atoms with E-state index in [2.05, 4.69) is 11.0 Å². The van der Waals surface area contributed by atoms with E-state index in [1.54, 1.807) is 0 Å². The molecular weight excluding hydrogens is 136 g/mol. The van der Waals surface area contributed by atoms with Gasteiger partial charge in [-0.15, -0.1) is 0 Å². The molecule has 0 aromatic rings. The Morgan fingerprint density at radius 3 is 2.36 bits per heavy atom. The Morgan fingerprint density at radius 1 is 1.36 bits per heavy atom. The Kier molecular flexibility index (Phi) is 5.87. The van der Waals surface area contributed by atoms with E-state index in [0.717, 1.165) is 13.0 Å². The summed E-state index contributed by atoms with van der Waals surface area (Å²) in [5.41, 5.74) is 0. The molecule has 0 aromatic heterocycles. The lowest BCUT2D eigenvalue weighted by molar-refractivity contribution is 0.227. The minimum absolute atomic E-state index is 0.193. The molecule has 1 atom stereocenters. The van der Waals surface area contributed by atoms with E-state index in [0.29, 0.717) is 0 Å². The fourth-order valence-corrected chi connectivity index (χ4v) is 1.24. The van der Waals surface area contributed by atoms with Crippen molar-refractivity contribution < 1.29 is 0 Å². The lowest BCUT2D eigenvalue weighted by Crippen LogP contribution is -2.34. The maximum Gasteiger partial charge on any atom is 0.0975 e. The molecule has 0 N–H and O–H groups in total. The van der Waals surface area contributed by atoms with Gasteiger partial charge in [0.2, 0.25) is 0 Å². The summed E-state index contributed by atoms with van der Waals surface area (Å²) in [4.78, 5) is 2.13. The molecule has 1 heterocycles. The van der Waals surface area contributed by atoms with Crippen molar-refractivity contribution in [2.45, 2.75) is 39.2 Å². The predicted octanol–water partition coefficient (Wildman–Crippen LogP) is 2.02. The first kappa shape index (κ1) is 10.4. The summed E-state index contributed by atoms with van der Waals surface area (Å²) in [5, 5.41) is 8.57. The maximum absolute atomic E-state index is 8.57. The third-order valence-electron chi connectivity index (χ3n) is 1.92. The highest BCUT2D eigenvalue weighted by atomic mass is 15.1. The van der Waals surface area contributed by atoms with E-state index in [1.807, 2.05) is 20.9 Å². The topological polar surface area (TPSA) is 27.0 Å². The number of hydrogen-bond acceptors (Lipinski definition) is 2. The zero-order valence-electron chi connectivity index (χ0n) is 7.80. The molecular formula is C9H18N2. The van der Waals surface area contributed by atoms with Crippen molar-refractivity contribution in [2.24, 2.45) is 0 Å². The Balaban J connectivity index is 0.000000461. The number of rotatable bonds is 0. The molecule has 1 unspecified atom stereocenters. The minimum Gasteiger partial charge on any atom is -0.291 e. The summed E-state index contributed by atoms with van der Waals surface area (Å²) in [6.07, 6.45) is 3.55. The van der Waals surface area contributed by atoms with Gasteiger partial charge in [-0.05, 0) is 32.9 Å². The van der Waals surface area contributed by atoms with Crippen LogP contribution in [0.4, 0.5) is 0 Å². The van der Waals surface area contributed by atoms with Gasteiger partial charge >= 0.3 is 0 Å². The third kappa shape index (κ3) is 3.38. The van der Waals surface area contributed by atoms with Crippen LogP contribution in [0.5, 0.6) is 0 Å². The molecule has 0 spiro atoms. The van der Waals surface area contributed by atoms with Gasteiger partial charge in [-0.2, -0.15) is 5.26 Å². The number of nitriles is 1. The average Bonchev–Trinajstić information content (AvgIpc) is 2.09. The standard InChI is InChI=1S/C7H12N2.C2H6/c1-9-5-3-2-4-7(9)6-8;1-2/h7H,2-5H2,1H3;1-2H3. The van der Waals surface area contributed by atoms with Crippen molar-refractivity contribution in [1.29, 1.82) is 5.26 Å². The zero-order chi connectivity index (χ0) is 8.69. The van der Waals surface area contributed by atoms with Crippen LogP contribution in [0.2, 0.25) is 0 Å². The monoisotopic (exact) mass is 154 g/mol. The lowest BCUT2D eigenvalue weighted by atomic mass is 10.0. The molecule has 2 nitrogen and oxygen atoms in total. The third-order valence-corrected chi connectivity index (χ3v) is 1.92. The first-order valence-electron chi connectivity index (χ1n) is 4.44. The fraction of sp³-hybridized carbons (Fsp3) is 0.889. The van der Waals surface area contributed by atoms with Crippen LogP contribution < -0.4 is 0 Å². The van der Waals surface area contributed by atoms with Gasteiger partial charge in [0.05, 0.1) is 12.1 Å². The molecule has 0 bridgehead atoms. The second-order valence-corrected chi connectivity index (χ2v) is 2.62. The van der Waals surface area contributed by atoms with Gasteiger partial charge in [-0.3, -0.25) is 4.90 Å². The largest absolute Gasteiger partial charge is 0.291 e. The summed E-state index contributed by atoms with van der Waals surface area (Å²) < 4.78 is 0. The van der Waals surface area contributed by atoms with Crippen LogP contribution in [0.1, 0.15) is 33.1 Å². The summed E-state index contributed by atoms with van der Waals surface area (Å²) in [6, 6.07) is 2.47. The van der Waals surface area contributed by atoms with Gasteiger partial charge in [0, 0.05) is 0 Å². The van der Waals surface area contributed by atoms with E-state index in [9.17, 15) is 0 Å². The van der Waals surface area contributed by atoms with Crippen molar-refractivity contribution in [3.63, 3.8) is 0 Å². The van der Waals surface area contributed by atoms with Crippen LogP contribution in [0, 0.1) is 11.3 Å². The molecule has 1 fully saturated rings. The van der Waals surface area contributed by atoms with Gasteiger partial charge in [-0.25, -0.2) is 0 Å². The van der Waals surface area contributed by atoms with Crippen molar-refractivity contribution in [2.75, 3.05) is 13.6 Å². The minimum atomic E-state index is 0.193. The molecule has 0 aromatic carbocycles. The quantitative estimate of drug-likeness (QED) is 0.533. The molecule has 1 rings (SSSR count). The van der Waals surface area contributed by atoms with Crippen LogP contribution in [-0.4, -0.2) is 24.5 Å². The smallest absolute Gasteiger partial charge is 0.0975 e. The Hall–Kier alpha value is -0.550. The summed E-state index contributed by atoms with van der Waals surface area (Å²) in [6.45, 7) is 5.10. The van der Waals surface area contributed by atoms with Crippen LogP contribution in [0.15, 0.2) is 0 Å². The summed E-state index contributed by atoms with van der Waals surface area (Å²) >= 11 is 0. The maximum atomic E-state index is 8.57. The van der Waals surface area contributed by atoms with Gasteiger partial charge in [0.15, 0.2) is 0 Å². The van der Waals surface area contributed by atoms with Crippen molar-refractivity contribution in [1.82, 2.24) is 4.90 Å². The Morgan fingerprint density at radius 2 is 2.00 bits per heavy atom. The SMILES string of the molecule is CC.CN1CCCCC1C#N. The molecule has 64 valence electrons. The van der Waals surface area contributed by atoms with Crippen LogP contribution in [0.3, 0.4) is 0 Å². The van der Waals surface area contributed by atoms with Crippen LogP contribution >= 0.6 is 0 Å². The number of piperidine rings is 1. The molecule has 0 saturated carbocycles. The van der Waals surface area contributed by atoms with E-state index in [-0.39, 0.29) is 6.04 Å². The first-order valence-corrected chi connectivity index (χ1v) is 4.44. The number of likely N-dealkylation sites (tertiary alicyclic amines) is 1. The summed E-state index contributed by atoms with van der Waals surface area (Å²) in [5.74, 6) is 0. The molecule has 1 saturated heterocycles. The van der Waals surface area contributed by atoms with Gasteiger partial charge < -0.3 is 0 Å². The van der Waals surface area contributed by atoms with Crippen molar-refractivity contribution in [3.05, 3.63) is 0 Å².